The first-order chi connectivity index (χ1) is 8.18. The first kappa shape index (κ1) is 14.3. The summed E-state index contributed by atoms with van der Waals surface area (Å²) < 4.78 is 47.4. The molecular formula is C8H3ClF2N2O4S. The number of halogens is 3. The number of alkyl halides is 2. The molecule has 1 aromatic rings. The van der Waals surface area contributed by atoms with Gasteiger partial charge in [-0.25, -0.2) is 17.2 Å². The number of rotatable bonds is 3. The fraction of sp³-hybridized carbons (Fsp3) is 0.125. The van der Waals surface area contributed by atoms with Gasteiger partial charge in [0.15, 0.2) is 0 Å². The van der Waals surface area contributed by atoms with Crippen molar-refractivity contribution in [1.82, 2.24) is 0 Å². The molecule has 18 heavy (non-hydrogen) atoms. The summed E-state index contributed by atoms with van der Waals surface area (Å²) in [5.41, 5.74) is -2.83. The number of benzene rings is 1. The van der Waals surface area contributed by atoms with Crippen molar-refractivity contribution in [2.45, 2.75) is 11.3 Å². The Kier molecular flexibility index (Phi) is 3.83. The second kappa shape index (κ2) is 4.83. The van der Waals surface area contributed by atoms with Crippen molar-refractivity contribution >= 4 is 25.4 Å². The molecule has 0 aliphatic heterocycles. The van der Waals surface area contributed by atoms with Gasteiger partial charge in [-0.2, -0.15) is 5.26 Å². The summed E-state index contributed by atoms with van der Waals surface area (Å²) in [6, 6.07) is 2.16. The van der Waals surface area contributed by atoms with Crippen LogP contribution in [0, 0.1) is 21.4 Å². The lowest BCUT2D eigenvalue weighted by Gasteiger charge is -2.06. The van der Waals surface area contributed by atoms with Crippen LogP contribution in [0.15, 0.2) is 17.0 Å². The Morgan fingerprint density at radius 2 is 2.00 bits per heavy atom. The third-order valence-corrected chi connectivity index (χ3v) is 3.28. The van der Waals surface area contributed by atoms with E-state index in [0.29, 0.717) is 12.1 Å². The van der Waals surface area contributed by atoms with E-state index in [9.17, 15) is 27.3 Å². The molecule has 0 unspecified atom stereocenters. The SMILES string of the molecule is N#Cc1c(C(F)F)cc([N+](=O)[O-])cc1S(=O)(=O)Cl. The molecule has 6 nitrogen and oxygen atoms in total. The van der Waals surface area contributed by atoms with Crippen molar-refractivity contribution in [3.63, 3.8) is 0 Å². The van der Waals surface area contributed by atoms with E-state index < -0.39 is 42.1 Å². The molecule has 0 aliphatic rings. The van der Waals surface area contributed by atoms with Gasteiger partial charge in [-0.1, -0.05) is 0 Å². The fourth-order valence-electron chi connectivity index (χ4n) is 1.21. The van der Waals surface area contributed by atoms with E-state index >= 15 is 0 Å². The normalized spacial score (nSPS) is 11.3. The molecule has 0 heterocycles. The second-order valence-corrected chi connectivity index (χ2v) is 5.55. The Morgan fingerprint density at radius 3 is 2.33 bits per heavy atom. The molecule has 0 bridgehead atoms. The van der Waals surface area contributed by atoms with Crippen LogP contribution < -0.4 is 0 Å². The topological polar surface area (TPSA) is 101 Å². The van der Waals surface area contributed by atoms with E-state index in [0.717, 1.165) is 0 Å². The number of hydrogen-bond acceptors (Lipinski definition) is 5. The van der Waals surface area contributed by atoms with Gasteiger partial charge >= 0.3 is 0 Å². The summed E-state index contributed by atoms with van der Waals surface area (Å²) in [7, 11) is 0.404. The molecule has 0 saturated carbocycles. The molecular weight excluding hydrogens is 294 g/mol. The zero-order valence-corrected chi connectivity index (χ0v) is 9.87. The van der Waals surface area contributed by atoms with Crippen molar-refractivity contribution in [1.29, 1.82) is 5.26 Å². The van der Waals surface area contributed by atoms with Crippen molar-refractivity contribution in [3.05, 3.63) is 33.4 Å². The van der Waals surface area contributed by atoms with Crippen LogP contribution in [-0.2, 0) is 9.05 Å². The highest BCUT2D eigenvalue weighted by Crippen LogP contribution is 2.33. The lowest BCUT2D eigenvalue weighted by Crippen LogP contribution is -2.03. The van der Waals surface area contributed by atoms with Crippen LogP contribution in [0.25, 0.3) is 0 Å². The highest BCUT2D eigenvalue weighted by atomic mass is 35.7. The maximum absolute atomic E-state index is 12.6. The minimum Gasteiger partial charge on any atom is -0.258 e. The van der Waals surface area contributed by atoms with E-state index in [-0.39, 0.29) is 0 Å². The largest absolute Gasteiger partial charge is 0.271 e. The van der Waals surface area contributed by atoms with Gasteiger partial charge in [-0.3, -0.25) is 10.1 Å². The molecule has 0 N–H and O–H groups in total. The Bertz CT molecular complexity index is 654. The van der Waals surface area contributed by atoms with E-state index in [4.69, 9.17) is 15.9 Å². The van der Waals surface area contributed by atoms with Crippen LogP contribution in [0.3, 0.4) is 0 Å². The smallest absolute Gasteiger partial charge is 0.258 e. The van der Waals surface area contributed by atoms with Gasteiger partial charge in [0.1, 0.15) is 11.0 Å². The molecule has 10 heteroatoms. The Labute approximate surface area is 104 Å². The van der Waals surface area contributed by atoms with Crippen LogP contribution in [0.1, 0.15) is 17.6 Å². The van der Waals surface area contributed by atoms with Gasteiger partial charge in [0.05, 0.1) is 10.5 Å². The first-order valence-corrected chi connectivity index (χ1v) is 6.44. The maximum Gasteiger partial charge on any atom is 0.271 e. The Morgan fingerprint density at radius 1 is 1.44 bits per heavy atom. The zero-order chi connectivity index (χ0) is 14.1. The Balaban J connectivity index is 3.80. The number of hydrogen-bond donors (Lipinski definition) is 0. The summed E-state index contributed by atoms with van der Waals surface area (Å²) in [6.07, 6.45) is -3.24. The molecule has 0 atom stereocenters. The molecule has 96 valence electrons. The van der Waals surface area contributed by atoms with Crippen LogP contribution in [0.5, 0.6) is 0 Å². The standard InChI is InChI=1S/C8H3ClF2N2O4S/c9-18(16,17)7-2-4(13(14)15)1-5(8(10)11)6(7)3-12/h1-2,8H. The molecule has 1 aromatic carbocycles. The highest BCUT2D eigenvalue weighted by Gasteiger charge is 2.27. The predicted octanol–water partition coefficient (Wildman–Crippen LogP) is 2.33. The summed E-state index contributed by atoms with van der Waals surface area (Å²) in [5, 5.41) is 19.2. The molecule has 0 radical (unpaired) electrons. The van der Waals surface area contributed by atoms with Crippen molar-refractivity contribution < 1.29 is 22.1 Å². The molecule has 0 spiro atoms. The van der Waals surface area contributed by atoms with Gasteiger partial charge in [0.25, 0.3) is 21.2 Å². The van der Waals surface area contributed by atoms with Gasteiger partial charge in [0.2, 0.25) is 0 Å². The van der Waals surface area contributed by atoms with Crippen molar-refractivity contribution in [3.8, 4) is 6.07 Å². The average Bonchev–Trinajstić information content (AvgIpc) is 2.25. The predicted molar refractivity (Wildman–Crippen MR) is 55.8 cm³/mol. The summed E-state index contributed by atoms with van der Waals surface area (Å²) in [4.78, 5) is 8.43. The molecule has 1 rings (SSSR count). The number of nitro benzene ring substituents is 1. The van der Waals surface area contributed by atoms with Crippen LogP contribution in [0.2, 0.25) is 0 Å². The van der Waals surface area contributed by atoms with Crippen LogP contribution >= 0.6 is 10.7 Å². The molecule has 0 aliphatic carbocycles. The molecule has 0 aromatic heterocycles. The minimum atomic E-state index is -4.55. The lowest BCUT2D eigenvalue weighted by atomic mass is 10.1. The van der Waals surface area contributed by atoms with Crippen LogP contribution in [-0.4, -0.2) is 13.3 Å². The fourth-order valence-corrected chi connectivity index (χ4v) is 2.25. The second-order valence-electron chi connectivity index (χ2n) is 3.02. The van der Waals surface area contributed by atoms with Crippen molar-refractivity contribution in [2.24, 2.45) is 0 Å². The lowest BCUT2D eigenvalue weighted by molar-refractivity contribution is -0.385. The number of nitriles is 1. The summed E-state index contributed by atoms with van der Waals surface area (Å²) in [5.74, 6) is 0. The van der Waals surface area contributed by atoms with E-state index in [1.54, 1.807) is 0 Å². The van der Waals surface area contributed by atoms with E-state index in [1.807, 2.05) is 0 Å². The van der Waals surface area contributed by atoms with E-state index in [1.165, 1.54) is 6.07 Å². The van der Waals surface area contributed by atoms with Gasteiger partial charge in [0, 0.05) is 28.4 Å². The van der Waals surface area contributed by atoms with Crippen molar-refractivity contribution in [2.75, 3.05) is 0 Å². The summed E-state index contributed by atoms with van der Waals surface area (Å²) in [6.45, 7) is 0. The first-order valence-electron chi connectivity index (χ1n) is 4.13. The van der Waals surface area contributed by atoms with E-state index in [2.05, 4.69) is 0 Å². The molecule has 0 fully saturated rings. The molecule has 0 amide bonds. The van der Waals surface area contributed by atoms with Gasteiger partial charge in [-0.15, -0.1) is 0 Å². The third kappa shape index (κ3) is 2.72. The maximum atomic E-state index is 12.6. The zero-order valence-electron chi connectivity index (χ0n) is 8.30. The molecule has 0 saturated heterocycles. The number of nitrogens with zero attached hydrogens (tertiary/aromatic N) is 2. The quantitative estimate of drug-likeness (QED) is 0.484. The minimum absolute atomic E-state index is 0.439. The number of non-ortho nitro benzene ring substituents is 1. The highest BCUT2D eigenvalue weighted by molar-refractivity contribution is 8.13. The van der Waals surface area contributed by atoms with Gasteiger partial charge in [-0.05, 0) is 0 Å². The average molecular weight is 297 g/mol. The monoisotopic (exact) mass is 296 g/mol. The summed E-state index contributed by atoms with van der Waals surface area (Å²) >= 11 is 0. The Hall–Kier alpha value is -1.79. The van der Waals surface area contributed by atoms with Gasteiger partial charge < -0.3 is 0 Å². The third-order valence-electron chi connectivity index (χ3n) is 1.94. The number of nitro groups is 1. The van der Waals surface area contributed by atoms with Crippen LogP contribution in [0.4, 0.5) is 14.5 Å².